The van der Waals surface area contributed by atoms with E-state index < -0.39 is 17.2 Å². The highest BCUT2D eigenvalue weighted by atomic mass is 32.1. The van der Waals surface area contributed by atoms with E-state index in [4.69, 9.17) is 10.5 Å². The number of hydrogen-bond donors (Lipinski definition) is 2. The first kappa shape index (κ1) is 17.7. The van der Waals surface area contributed by atoms with Crippen LogP contribution in [0.1, 0.15) is 22.5 Å². The molecule has 9 heteroatoms. The molecule has 2 aromatic heterocycles. The first-order valence-electron chi connectivity index (χ1n) is 10.3. The van der Waals surface area contributed by atoms with Crippen LogP contribution in [0.3, 0.4) is 0 Å². The topological polar surface area (TPSA) is 97.3 Å². The molecule has 4 atom stereocenters. The van der Waals surface area contributed by atoms with E-state index >= 15 is 4.39 Å². The van der Waals surface area contributed by atoms with Gasteiger partial charge < -0.3 is 20.5 Å². The van der Waals surface area contributed by atoms with E-state index in [1.54, 1.807) is 9.78 Å². The number of benzene rings is 1. The smallest absolute Gasteiger partial charge is 0.342 e. The SMILES string of the molecule is NC12C=CC(C1)C1CN(c3c(F)cc4c(=O)c(C(=O)O)c5scc6n5c4c3OC6)CC12. The van der Waals surface area contributed by atoms with Gasteiger partial charge in [-0.05, 0) is 24.3 Å². The summed E-state index contributed by atoms with van der Waals surface area (Å²) in [6, 6.07) is 1.17. The van der Waals surface area contributed by atoms with E-state index in [0.717, 1.165) is 12.1 Å². The van der Waals surface area contributed by atoms with Crippen molar-refractivity contribution in [1.29, 1.82) is 0 Å². The molecular formula is C22H18FN3O4S. The van der Waals surface area contributed by atoms with Crippen LogP contribution in [-0.2, 0) is 6.61 Å². The summed E-state index contributed by atoms with van der Waals surface area (Å²) in [6.45, 7) is 1.49. The molecule has 158 valence electrons. The van der Waals surface area contributed by atoms with Gasteiger partial charge in [-0.15, -0.1) is 11.3 Å². The van der Waals surface area contributed by atoms with Crippen molar-refractivity contribution in [2.75, 3.05) is 18.0 Å². The molecular weight excluding hydrogens is 421 g/mol. The number of thiazole rings is 1. The lowest BCUT2D eigenvalue weighted by Gasteiger charge is -2.29. The fourth-order valence-corrected chi connectivity index (χ4v) is 7.34. The monoisotopic (exact) mass is 439 g/mol. The van der Waals surface area contributed by atoms with E-state index in [0.29, 0.717) is 46.7 Å². The molecule has 2 aliphatic heterocycles. The number of rotatable bonds is 2. The summed E-state index contributed by atoms with van der Waals surface area (Å²) in [6.07, 6.45) is 5.25. The molecule has 1 saturated carbocycles. The van der Waals surface area contributed by atoms with Gasteiger partial charge in [-0.1, -0.05) is 12.2 Å². The highest BCUT2D eigenvalue weighted by molar-refractivity contribution is 7.16. The van der Waals surface area contributed by atoms with E-state index in [9.17, 15) is 14.7 Å². The number of allylic oxidation sites excluding steroid dienone is 1. The number of carboxylic acids is 1. The van der Waals surface area contributed by atoms with Gasteiger partial charge in [0.1, 0.15) is 28.2 Å². The summed E-state index contributed by atoms with van der Waals surface area (Å²) in [5, 5.41) is 11.4. The lowest BCUT2D eigenvalue weighted by atomic mass is 9.82. The maximum atomic E-state index is 15.5. The number of carboxylic acid groups (broad SMARTS) is 1. The van der Waals surface area contributed by atoms with Crippen molar-refractivity contribution < 1.29 is 19.0 Å². The van der Waals surface area contributed by atoms with Crippen molar-refractivity contribution in [1.82, 2.24) is 4.40 Å². The van der Waals surface area contributed by atoms with Gasteiger partial charge in [0.2, 0.25) is 5.43 Å². The van der Waals surface area contributed by atoms with Gasteiger partial charge in [0, 0.05) is 29.9 Å². The molecule has 0 radical (unpaired) electrons. The van der Waals surface area contributed by atoms with Crippen LogP contribution in [-0.4, -0.2) is 34.1 Å². The molecule has 4 aliphatic rings. The van der Waals surface area contributed by atoms with Gasteiger partial charge in [0.25, 0.3) is 0 Å². The van der Waals surface area contributed by atoms with Gasteiger partial charge in [-0.25, -0.2) is 9.18 Å². The number of nitrogens with two attached hydrogens (primary N) is 1. The van der Waals surface area contributed by atoms with Crippen molar-refractivity contribution in [2.45, 2.75) is 18.6 Å². The summed E-state index contributed by atoms with van der Waals surface area (Å²) in [5.74, 6) is -0.528. The molecule has 1 saturated heterocycles. The number of halogens is 1. The van der Waals surface area contributed by atoms with Crippen molar-refractivity contribution in [3.05, 3.63) is 50.9 Å². The molecule has 2 bridgehead atoms. The lowest BCUT2D eigenvalue weighted by molar-refractivity contribution is 0.0697. The fraction of sp³-hybridized carbons (Fsp3) is 0.364. The molecule has 3 aromatic rings. The summed E-state index contributed by atoms with van der Waals surface area (Å²) >= 11 is 1.19. The molecule has 1 aromatic carbocycles. The van der Waals surface area contributed by atoms with Gasteiger partial charge in [-0.3, -0.25) is 9.20 Å². The summed E-state index contributed by atoms with van der Waals surface area (Å²) in [4.78, 5) is 27.2. The van der Waals surface area contributed by atoms with Crippen LogP contribution in [0.2, 0.25) is 0 Å². The number of ether oxygens (including phenoxy) is 1. The van der Waals surface area contributed by atoms with Gasteiger partial charge >= 0.3 is 5.97 Å². The third kappa shape index (κ3) is 2.01. The first-order valence-corrected chi connectivity index (χ1v) is 11.2. The van der Waals surface area contributed by atoms with Crippen LogP contribution in [0.5, 0.6) is 5.75 Å². The number of anilines is 1. The van der Waals surface area contributed by atoms with Crippen LogP contribution < -0.4 is 20.8 Å². The predicted molar refractivity (Wildman–Crippen MR) is 114 cm³/mol. The molecule has 2 aliphatic carbocycles. The average Bonchev–Trinajstić information content (AvgIpc) is 3.47. The zero-order valence-corrected chi connectivity index (χ0v) is 17.1. The average molecular weight is 439 g/mol. The number of carbonyl (C=O) groups is 1. The maximum absolute atomic E-state index is 15.5. The van der Waals surface area contributed by atoms with E-state index in [1.807, 2.05) is 4.90 Å². The minimum atomic E-state index is -1.31. The molecule has 4 heterocycles. The Bertz CT molecular complexity index is 1440. The third-order valence-corrected chi connectivity index (χ3v) is 8.63. The Morgan fingerprint density at radius 2 is 2.23 bits per heavy atom. The molecule has 4 unspecified atom stereocenters. The number of pyridine rings is 1. The molecule has 2 fully saturated rings. The Morgan fingerprint density at radius 1 is 1.39 bits per heavy atom. The Morgan fingerprint density at radius 3 is 3.00 bits per heavy atom. The van der Waals surface area contributed by atoms with Gasteiger partial charge in [-0.2, -0.15) is 0 Å². The highest BCUT2D eigenvalue weighted by Gasteiger charge is 2.56. The second kappa shape index (κ2) is 5.46. The van der Waals surface area contributed by atoms with Crippen LogP contribution in [0.4, 0.5) is 10.1 Å². The Balaban J connectivity index is 1.48. The molecule has 3 N–H and O–H groups in total. The van der Waals surface area contributed by atoms with Gasteiger partial charge in [0.05, 0.1) is 11.1 Å². The molecule has 0 amide bonds. The third-order valence-electron chi connectivity index (χ3n) is 7.63. The minimum absolute atomic E-state index is 0.0296. The number of nitrogens with zero attached hydrogens (tertiary/aromatic N) is 2. The van der Waals surface area contributed by atoms with E-state index in [2.05, 4.69) is 12.2 Å². The Hall–Kier alpha value is -2.91. The molecule has 7 nitrogen and oxygen atoms in total. The zero-order chi connectivity index (χ0) is 21.2. The van der Waals surface area contributed by atoms with Gasteiger partial charge in [0.15, 0.2) is 11.6 Å². The standard InChI is InChI=1S/C22H18FN3O4S/c23-14-3-11-16-19(17(14)25-5-12-9-1-2-22(24,4-9)13(12)6-25)30-7-10-8-31-20(26(10)16)15(18(11)27)21(28)29/h1-3,8-9,12-13H,4-7,24H2,(H,28,29). The van der Waals surface area contributed by atoms with Crippen molar-refractivity contribution in [3.63, 3.8) is 0 Å². The van der Waals surface area contributed by atoms with Crippen molar-refractivity contribution >= 4 is 38.7 Å². The quantitative estimate of drug-likeness (QED) is 0.596. The second-order valence-electron chi connectivity index (χ2n) is 9.11. The van der Waals surface area contributed by atoms with Crippen molar-refractivity contribution in [2.24, 2.45) is 23.5 Å². The van der Waals surface area contributed by atoms with Crippen molar-refractivity contribution in [3.8, 4) is 5.75 Å². The van der Waals surface area contributed by atoms with Crippen LogP contribution in [0.25, 0.3) is 15.7 Å². The number of hydrogen-bond acceptors (Lipinski definition) is 6. The Kier molecular flexibility index (Phi) is 3.13. The van der Waals surface area contributed by atoms with Crippen LogP contribution in [0.15, 0.2) is 28.4 Å². The van der Waals surface area contributed by atoms with E-state index in [1.165, 1.54) is 17.4 Å². The fourth-order valence-electron chi connectivity index (χ4n) is 6.30. The van der Waals surface area contributed by atoms with Crippen LogP contribution in [0, 0.1) is 23.6 Å². The summed E-state index contributed by atoms with van der Waals surface area (Å²) < 4.78 is 23.3. The first-order chi connectivity index (χ1) is 14.9. The molecule has 31 heavy (non-hydrogen) atoms. The largest absolute Gasteiger partial charge is 0.483 e. The maximum Gasteiger partial charge on any atom is 0.342 e. The zero-order valence-electron chi connectivity index (χ0n) is 16.3. The Labute approximate surface area is 179 Å². The summed E-state index contributed by atoms with van der Waals surface area (Å²) in [7, 11) is 0. The minimum Gasteiger partial charge on any atom is -0.483 e. The molecule has 7 rings (SSSR count). The second-order valence-corrected chi connectivity index (χ2v) is 9.97. The summed E-state index contributed by atoms with van der Waals surface area (Å²) in [5.41, 5.74) is 6.82. The number of aromatic nitrogens is 1. The number of fused-ring (bicyclic) bond motifs is 5. The highest BCUT2D eigenvalue weighted by Crippen LogP contribution is 2.54. The predicted octanol–water partition coefficient (Wildman–Crippen LogP) is 2.58. The van der Waals surface area contributed by atoms with Crippen LogP contribution >= 0.6 is 11.3 Å². The number of aromatic carboxylic acids is 1. The lowest BCUT2D eigenvalue weighted by Crippen LogP contribution is -2.43. The molecule has 0 spiro atoms. The van der Waals surface area contributed by atoms with E-state index in [-0.39, 0.29) is 29.0 Å². The normalized spacial score (nSPS) is 30.0.